The highest BCUT2D eigenvalue weighted by Crippen LogP contribution is 2.33. The smallest absolute Gasteiger partial charge is 0.325 e. The van der Waals surface area contributed by atoms with Crippen LogP contribution in [0.25, 0.3) is 0 Å². The maximum Gasteiger partial charge on any atom is 0.325 e. The molecule has 168 valence electrons. The van der Waals surface area contributed by atoms with Gasteiger partial charge in [0.2, 0.25) is 5.91 Å². The second-order valence-corrected chi connectivity index (χ2v) is 8.17. The molecule has 4 rings (SSSR count). The van der Waals surface area contributed by atoms with Gasteiger partial charge in [0.25, 0.3) is 5.91 Å². The van der Waals surface area contributed by atoms with Crippen molar-refractivity contribution in [2.45, 2.75) is 32.0 Å². The first kappa shape index (κ1) is 22.0. The number of nitrogens with zero attached hydrogens (tertiary/aromatic N) is 2. The minimum atomic E-state index is -0.885. The number of fused-ring (bicyclic) bond motifs is 1. The molecule has 0 aliphatic carbocycles. The lowest BCUT2D eigenvalue weighted by Gasteiger charge is -2.30. The van der Waals surface area contributed by atoms with E-state index in [-0.39, 0.29) is 18.9 Å². The molecule has 2 aromatic rings. The Hall–Kier alpha value is -3.26. The predicted molar refractivity (Wildman–Crippen MR) is 118 cm³/mol. The molecule has 0 radical (unpaired) electrons. The lowest BCUT2D eigenvalue weighted by atomic mass is 9.98. The molecule has 1 atom stereocenters. The van der Waals surface area contributed by atoms with Gasteiger partial charge in [-0.15, -0.1) is 0 Å². The van der Waals surface area contributed by atoms with Crippen molar-refractivity contribution in [3.05, 3.63) is 58.1 Å². The molecule has 2 aliphatic rings. The summed E-state index contributed by atoms with van der Waals surface area (Å²) in [5.74, 6) is 0.647. The lowest BCUT2D eigenvalue weighted by molar-refractivity contribution is -0.136. The predicted octanol–water partition coefficient (Wildman–Crippen LogP) is 2.75. The number of ether oxygens (including phenoxy) is 2. The fraction of sp³-hybridized carbons (Fsp3) is 0.348. The number of carbonyl (C=O) groups excluding carboxylic acids is 3. The Balaban J connectivity index is 1.42. The highest BCUT2D eigenvalue weighted by atomic mass is 35.5. The van der Waals surface area contributed by atoms with Crippen LogP contribution in [0.1, 0.15) is 23.1 Å². The summed E-state index contributed by atoms with van der Waals surface area (Å²) < 4.78 is 10.7. The Morgan fingerprint density at radius 3 is 2.50 bits per heavy atom. The van der Waals surface area contributed by atoms with Gasteiger partial charge in [0.15, 0.2) is 11.5 Å². The average molecular weight is 458 g/mol. The van der Waals surface area contributed by atoms with E-state index in [0.29, 0.717) is 41.6 Å². The molecular formula is C23H24ClN3O5. The summed E-state index contributed by atoms with van der Waals surface area (Å²) in [5.41, 5.74) is 2.74. The molecule has 32 heavy (non-hydrogen) atoms. The molecule has 1 fully saturated rings. The maximum absolute atomic E-state index is 12.9. The Kier molecular flexibility index (Phi) is 6.23. The molecule has 1 saturated heterocycles. The minimum Gasteiger partial charge on any atom is -0.493 e. The number of imide groups is 1. The fourth-order valence-corrected chi connectivity index (χ4v) is 4.26. The SMILES string of the molecule is COc1cc2c(cc1OC)CN(C(=O)CC1NC(=O)N(Cc3ccccc3Cl)C1=O)CC2. The number of benzene rings is 2. The highest BCUT2D eigenvalue weighted by molar-refractivity contribution is 6.31. The molecule has 8 nitrogen and oxygen atoms in total. The summed E-state index contributed by atoms with van der Waals surface area (Å²) in [6.07, 6.45) is 0.581. The zero-order valence-corrected chi connectivity index (χ0v) is 18.6. The standard InChI is InChI=1S/C23H24ClN3O5/c1-31-19-9-14-7-8-26(12-16(14)10-20(19)32-2)21(28)11-18-22(29)27(23(30)25-18)13-15-5-3-4-6-17(15)24/h3-6,9-10,18H,7-8,11-13H2,1-2H3,(H,25,30). The van der Waals surface area contributed by atoms with Gasteiger partial charge in [-0.25, -0.2) is 4.79 Å². The van der Waals surface area contributed by atoms with E-state index in [1.165, 1.54) is 0 Å². The van der Waals surface area contributed by atoms with Crippen molar-refractivity contribution in [3.8, 4) is 11.5 Å². The minimum absolute atomic E-state index is 0.0632. The molecule has 1 unspecified atom stereocenters. The number of hydrogen-bond donors (Lipinski definition) is 1. The molecule has 2 aromatic carbocycles. The van der Waals surface area contributed by atoms with Crippen LogP contribution in [0.3, 0.4) is 0 Å². The molecule has 9 heteroatoms. The average Bonchev–Trinajstić information content (AvgIpc) is 3.06. The maximum atomic E-state index is 12.9. The van der Waals surface area contributed by atoms with Crippen molar-refractivity contribution in [1.82, 2.24) is 15.1 Å². The van der Waals surface area contributed by atoms with Gasteiger partial charge in [-0.1, -0.05) is 29.8 Å². The van der Waals surface area contributed by atoms with E-state index in [1.807, 2.05) is 12.1 Å². The van der Waals surface area contributed by atoms with E-state index in [1.54, 1.807) is 43.4 Å². The molecule has 0 spiro atoms. The van der Waals surface area contributed by atoms with Crippen LogP contribution < -0.4 is 14.8 Å². The second-order valence-electron chi connectivity index (χ2n) is 7.76. The second kappa shape index (κ2) is 9.08. The monoisotopic (exact) mass is 457 g/mol. The van der Waals surface area contributed by atoms with Gasteiger partial charge in [-0.05, 0) is 41.3 Å². The largest absolute Gasteiger partial charge is 0.493 e. The van der Waals surface area contributed by atoms with E-state index in [2.05, 4.69) is 5.32 Å². The van der Waals surface area contributed by atoms with Crippen LogP contribution in [0.15, 0.2) is 36.4 Å². The highest BCUT2D eigenvalue weighted by Gasteiger charge is 2.40. The molecule has 2 heterocycles. The van der Waals surface area contributed by atoms with Crippen molar-refractivity contribution in [2.75, 3.05) is 20.8 Å². The van der Waals surface area contributed by atoms with Crippen LogP contribution in [0.5, 0.6) is 11.5 Å². The molecule has 1 N–H and O–H groups in total. The summed E-state index contributed by atoms with van der Waals surface area (Å²) in [5, 5.41) is 3.10. The van der Waals surface area contributed by atoms with Gasteiger partial charge in [-0.2, -0.15) is 0 Å². The number of hydrogen-bond acceptors (Lipinski definition) is 5. The van der Waals surface area contributed by atoms with Crippen molar-refractivity contribution in [3.63, 3.8) is 0 Å². The van der Waals surface area contributed by atoms with E-state index in [0.717, 1.165) is 16.0 Å². The summed E-state index contributed by atoms with van der Waals surface area (Å²) in [7, 11) is 3.16. The number of rotatable bonds is 6. The Bertz CT molecular complexity index is 1070. The molecule has 0 aromatic heterocycles. The van der Waals surface area contributed by atoms with Crippen LogP contribution in [0, 0.1) is 0 Å². The van der Waals surface area contributed by atoms with Gasteiger partial charge in [0.05, 0.1) is 27.2 Å². The third-order valence-electron chi connectivity index (χ3n) is 5.84. The van der Waals surface area contributed by atoms with Gasteiger partial charge in [0.1, 0.15) is 6.04 Å². The van der Waals surface area contributed by atoms with E-state index >= 15 is 0 Å². The number of carbonyl (C=O) groups is 3. The third kappa shape index (κ3) is 4.23. The number of methoxy groups -OCH3 is 2. The lowest BCUT2D eigenvalue weighted by Crippen LogP contribution is -2.41. The van der Waals surface area contributed by atoms with Gasteiger partial charge in [0, 0.05) is 18.1 Å². The number of halogens is 1. The molecule has 0 bridgehead atoms. The van der Waals surface area contributed by atoms with E-state index in [4.69, 9.17) is 21.1 Å². The van der Waals surface area contributed by atoms with Crippen LogP contribution in [0.2, 0.25) is 5.02 Å². The first-order valence-corrected chi connectivity index (χ1v) is 10.7. The Morgan fingerprint density at radius 1 is 1.12 bits per heavy atom. The summed E-state index contributed by atoms with van der Waals surface area (Å²) in [4.78, 5) is 40.9. The zero-order valence-electron chi connectivity index (χ0n) is 17.9. The number of amides is 4. The van der Waals surface area contributed by atoms with Gasteiger partial charge in [-0.3, -0.25) is 14.5 Å². The van der Waals surface area contributed by atoms with Gasteiger partial charge < -0.3 is 19.7 Å². The van der Waals surface area contributed by atoms with E-state index in [9.17, 15) is 14.4 Å². The van der Waals surface area contributed by atoms with Crippen molar-refractivity contribution >= 4 is 29.4 Å². The topological polar surface area (TPSA) is 88.2 Å². The van der Waals surface area contributed by atoms with Gasteiger partial charge >= 0.3 is 6.03 Å². The molecule has 4 amide bonds. The van der Waals surface area contributed by atoms with Crippen LogP contribution in [0.4, 0.5) is 4.79 Å². The van der Waals surface area contributed by atoms with Crippen LogP contribution in [-0.2, 0) is 29.1 Å². The van der Waals surface area contributed by atoms with Crippen molar-refractivity contribution in [2.24, 2.45) is 0 Å². The quantitative estimate of drug-likeness (QED) is 0.674. The van der Waals surface area contributed by atoms with Crippen LogP contribution in [-0.4, -0.2) is 54.5 Å². The molecule has 0 saturated carbocycles. The van der Waals surface area contributed by atoms with Crippen LogP contribution >= 0.6 is 11.6 Å². The molecule has 2 aliphatic heterocycles. The van der Waals surface area contributed by atoms with Crippen molar-refractivity contribution in [1.29, 1.82) is 0 Å². The van der Waals surface area contributed by atoms with E-state index < -0.39 is 18.0 Å². The summed E-state index contributed by atoms with van der Waals surface area (Å²) in [6, 6.07) is 9.44. The number of urea groups is 1. The normalized spacial score (nSPS) is 17.8. The molecular weight excluding hydrogens is 434 g/mol. The summed E-state index contributed by atoms with van der Waals surface area (Å²) in [6.45, 7) is 1.000. The zero-order chi connectivity index (χ0) is 22.8. The third-order valence-corrected chi connectivity index (χ3v) is 6.21. The summed E-state index contributed by atoms with van der Waals surface area (Å²) >= 11 is 6.16. The fourth-order valence-electron chi connectivity index (χ4n) is 4.06. The Labute approximate surface area is 191 Å². The number of nitrogens with one attached hydrogen (secondary N) is 1. The first-order chi connectivity index (χ1) is 15.4. The Morgan fingerprint density at radius 2 is 1.81 bits per heavy atom. The van der Waals surface area contributed by atoms with Crippen molar-refractivity contribution < 1.29 is 23.9 Å². The first-order valence-electron chi connectivity index (χ1n) is 10.3.